The fourth-order valence-electron chi connectivity index (χ4n) is 1.16. The van der Waals surface area contributed by atoms with Crippen LogP contribution in [0, 0.1) is 10.1 Å². The maximum Gasteiger partial charge on any atom is 0.337 e. The first kappa shape index (κ1) is 11.9. The van der Waals surface area contributed by atoms with Crippen LogP contribution in [-0.4, -0.2) is 28.2 Å². The van der Waals surface area contributed by atoms with Gasteiger partial charge in [-0.1, -0.05) is 6.07 Å². The lowest BCUT2D eigenvalue weighted by atomic mass is 10.1. The highest BCUT2D eigenvalue weighted by molar-refractivity contribution is 5.74. The molecule has 16 heavy (non-hydrogen) atoms. The predicted octanol–water partition coefficient (Wildman–Crippen LogP) is 0.721. The average Bonchev–Trinajstić information content (AvgIpc) is 2.26. The number of nitro groups is 1. The molecule has 1 rings (SSSR count). The number of carbonyl (C=O) groups is 1. The van der Waals surface area contributed by atoms with Gasteiger partial charge in [0.1, 0.15) is 0 Å². The van der Waals surface area contributed by atoms with Crippen molar-refractivity contribution >= 4 is 11.7 Å². The van der Waals surface area contributed by atoms with Crippen molar-refractivity contribution in [1.29, 1.82) is 0 Å². The van der Waals surface area contributed by atoms with Gasteiger partial charge in [0.25, 0.3) is 0 Å². The van der Waals surface area contributed by atoms with E-state index in [2.05, 4.69) is 0 Å². The molecule has 0 aromatic heterocycles. The van der Waals surface area contributed by atoms with Crippen LogP contribution in [0.5, 0.6) is 5.75 Å². The van der Waals surface area contributed by atoms with Gasteiger partial charge < -0.3 is 14.9 Å². The molecule has 1 aromatic rings. The summed E-state index contributed by atoms with van der Waals surface area (Å²) < 4.78 is 4.73. The summed E-state index contributed by atoms with van der Waals surface area (Å²) in [7, 11) is 1.26. The Morgan fingerprint density at radius 1 is 1.56 bits per heavy atom. The Kier molecular flexibility index (Phi) is 3.41. The van der Waals surface area contributed by atoms with E-state index in [0.717, 1.165) is 6.07 Å². The number of aliphatic carboxylic acids is 1. The molecule has 0 bridgehead atoms. The van der Waals surface area contributed by atoms with Crippen molar-refractivity contribution in [3.8, 4) is 5.75 Å². The molecule has 0 heterocycles. The number of benzene rings is 1. The minimum absolute atomic E-state index is 0.00587. The van der Waals surface area contributed by atoms with Crippen LogP contribution in [0.15, 0.2) is 18.2 Å². The molecular formula is C9H9NO6. The molecule has 0 saturated heterocycles. The highest BCUT2D eigenvalue weighted by Crippen LogP contribution is 2.29. The smallest absolute Gasteiger partial charge is 0.337 e. The number of carboxylic acid groups (broad SMARTS) is 1. The van der Waals surface area contributed by atoms with Gasteiger partial charge in [0.15, 0.2) is 11.9 Å². The fourth-order valence-corrected chi connectivity index (χ4v) is 1.16. The van der Waals surface area contributed by atoms with Crippen LogP contribution in [0.3, 0.4) is 0 Å². The van der Waals surface area contributed by atoms with E-state index in [-0.39, 0.29) is 17.0 Å². The number of nitro benzene ring substituents is 1. The Morgan fingerprint density at radius 2 is 2.19 bits per heavy atom. The third-order valence-electron chi connectivity index (χ3n) is 1.95. The SMILES string of the molecule is COc1ccc([C@@H](O)C(=O)O)cc1[N+](=O)[O-]. The summed E-state index contributed by atoms with van der Waals surface area (Å²) in [6, 6.07) is 3.46. The van der Waals surface area contributed by atoms with Gasteiger partial charge in [0.2, 0.25) is 0 Å². The van der Waals surface area contributed by atoms with E-state index in [1.807, 2.05) is 0 Å². The Hall–Kier alpha value is -2.15. The Labute approximate surface area is 90.0 Å². The van der Waals surface area contributed by atoms with E-state index in [9.17, 15) is 20.0 Å². The number of carboxylic acids is 1. The molecule has 0 amide bonds. The second-order valence-corrected chi connectivity index (χ2v) is 2.93. The molecule has 1 atom stereocenters. The average molecular weight is 227 g/mol. The van der Waals surface area contributed by atoms with Crippen molar-refractivity contribution in [2.45, 2.75) is 6.10 Å². The van der Waals surface area contributed by atoms with Gasteiger partial charge in [-0.3, -0.25) is 10.1 Å². The summed E-state index contributed by atoms with van der Waals surface area (Å²) in [5, 5.41) is 28.4. The van der Waals surface area contributed by atoms with Crippen LogP contribution >= 0.6 is 0 Å². The zero-order valence-corrected chi connectivity index (χ0v) is 8.28. The number of nitrogens with zero attached hydrogens (tertiary/aromatic N) is 1. The molecule has 7 heteroatoms. The largest absolute Gasteiger partial charge is 0.490 e. The number of rotatable bonds is 4. The summed E-state index contributed by atoms with van der Waals surface area (Å²) in [5.41, 5.74) is -0.458. The van der Waals surface area contributed by atoms with Gasteiger partial charge in [-0.2, -0.15) is 0 Å². The van der Waals surface area contributed by atoms with Gasteiger partial charge in [-0.05, 0) is 11.6 Å². The van der Waals surface area contributed by atoms with E-state index < -0.39 is 17.0 Å². The molecule has 0 spiro atoms. The third-order valence-corrected chi connectivity index (χ3v) is 1.95. The van der Waals surface area contributed by atoms with Gasteiger partial charge in [0.05, 0.1) is 12.0 Å². The normalized spacial score (nSPS) is 11.9. The quantitative estimate of drug-likeness (QED) is 0.579. The molecule has 0 unspecified atom stereocenters. The van der Waals surface area contributed by atoms with E-state index >= 15 is 0 Å². The minimum atomic E-state index is -1.79. The first-order valence-corrected chi connectivity index (χ1v) is 4.20. The molecule has 0 fully saturated rings. The van der Waals surface area contributed by atoms with Crippen LogP contribution in [0.2, 0.25) is 0 Å². The molecular weight excluding hydrogens is 218 g/mol. The molecule has 0 aliphatic heterocycles. The van der Waals surface area contributed by atoms with Crippen molar-refractivity contribution in [3.63, 3.8) is 0 Å². The summed E-state index contributed by atoms with van der Waals surface area (Å²) in [5.74, 6) is -1.47. The first-order chi connectivity index (χ1) is 7.47. The lowest BCUT2D eigenvalue weighted by molar-refractivity contribution is -0.385. The summed E-state index contributed by atoms with van der Waals surface area (Å²) >= 11 is 0. The number of aliphatic hydroxyl groups is 1. The van der Waals surface area contributed by atoms with Crippen LogP contribution < -0.4 is 4.74 Å². The zero-order valence-electron chi connectivity index (χ0n) is 8.28. The number of ether oxygens (including phenoxy) is 1. The standard InChI is InChI=1S/C9H9NO6/c1-16-7-3-2-5(8(11)9(12)13)4-6(7)10(14)15/h2-4,8,11H,1H3,(H,12,13)/t8-/m1/s1. The number of aliphatic hydroxyl groups excluding tert-OH is 1. The highest BCUT2D eigenvalue weighted by atomic mass is 16.6. The fraction of sp³-hybridized carbons (Fsp3) is 0.222. The van der Waals surface area contributed by atoms with E-state index in [4.69, 9.17) is 9.84 Å². The van der Waals surface area contributed by atoms with Crippen molar-refractivity contribution in [1.82, 2.24) is 0 Å². The molecule has 0 aliphatic carbocycles. The van der Waals surface area contributed by atoms with Crippen molar-refractivity contribution in [2.24, 2.45) is 0 Å². The number of hydrogen-bond acceptors (Lipinski definition) is 5. The predicted molar refractivity (Wildman–Crippen MR) is 52.2 cm³/mol. The molecule has 86 valence electrons. The highest BCUT2D eigenvalue weighted by Gasteiger charge is 2.21. The van der Waals surface area contributed by atoms with Gasteiger partial charge in [-0.25, -0.2) is 4.79 Å². The molecule has 0 radical (unpaired) electrons. The summed E-state index contributed by atoms with van der Waals surface area (Å²) in [4.78, 5) is 20.4. The second kappa shape index (κ2) is 4.58. The first-order valence-electron chi connectivity index (χ1n) is 4.20. The van der Waals surface area contributed by atoms with E-state index in [0.29, 0.717) is 0 Å². The van der Waals surface area contributed by atoms with Crippen LogP contribution in [0.1, 0.15) is 11.7 Å². The minimum Gasteiger partial charge on any atom is -0.490 e. The van der Waals surface area contributed by atoms with Crippen LogP contribution in [0.25, 0.3) is 0 Å². The van der Waals surface area contributed by atoms with Crippen molar-refractivity contribution in [3.05, 3.63) is 33.9 Å². The lowest BCUT2D eigenvalue weighted by Crippen LogP contribution is -2.10. The third kappa shape index (κ3) is 2.26. The second-order valence-electron chi connectivity index (χ2n) is 2.93. The van der Waals surface area contributed by atoms with E-state index in [1.165, 1.54) is 19.2 Å². The number of methoxy groups -OCH3 is 1. The molecule has 2 N–H and O–H groups in total. The Morgan fingerprint density at radius 3 is 2.62 bits per heavy atom. The molecule has 1 aromatic carbocycles. The Balaban J connectivity index is 3.21. The van der Waals surface area contributed by atoms with Gasteiger partial charge in [-0.15, -0.1) is 0 Å². The van der Waals surface area contributed by atoms with Crippen molar-refractivity contribution in [2.75, 3.05) is 7.11 Å². The summed E-state index contributed by atoms with van der Waals surface area (Å²) in [6.45, 7) is 0. The van der Waals surface area contributed by atoms with Gasteiger partial charge >= 0.3 is 11.7 Å². The Bertz CT molecular complexity index is 430. The zero-order chi connectivity index (χ0) is 12.3. The topological polar surface area (TPSA) is 110 Å². The monoisotopic (exact) mass is 227 g/mol. The maximum atomic E-state index is 10.6. The molecule has 7 nitrogen and oxygen atoms in total. The van der Waals surface area contributed by atoms with Crippen molar-refractivity contribution < 1.29 is 24.7 Å². The summed E-state index contributed by atoms with van der Waals surface area (Å²) in [6.07, 6.45) is -1.79. The van der Waals surface area contributed by atoms with Crippen LogP contribution in [-0.2, 0) is 4.79 Å². The molecule has 0 saturated carbocycles. The van der Waals surface area contributed by atoms with Gasteiger partial charge in [0, 0.05) is 6.07 Å². The number of hydrogen-bond donors (Lipinski definition) is 2. The van der Waals surface area contributed by atoms with E-state index in [1.54, 1.807) is 0 Å². The maximum absolute atomic E-state index is 10.6. The molecule has 0 aliphatic rings. The lowest BCUT2D eigenvalue weighted by Gasteiger charge is -2.07. The van der Waals surface area contributed by atoms with Crippen LogP contribution in [0.4, 0.5) is 5.69 Å².